The van der Waals surface area contributed by atoms with Gasteiger partial charge >= 0.3 is 5.69 Å². The number of nitrogens with one attached hydrogen (secondary N) is 1. The van der Waals surface area contributed by atoms with Gasteiger partial charge in [-0.05, 0) is 24.6 Å². The van der Waals surface area contributed by atoms with Gasteiger partial charge in [0.25, 0.3) is 0 Å². The summed E-state index contributed by atoms with van der Waals surface area (Å²) in [6.45, 7) is 2.60. The van der Waals surface area contributed by atoms with E-state index in [0.717, 1.165) is 6.42 Å². The number of hydrogen-bond acceptors (Lipinski definition) is 5. The fourth-order valence-electron chi connectivity index (χ4n) is 1.68. The third kappa shape index (κ3) is 3.23. The topological polar surface area (TPSA) is 77.3 Å². The second kappa shape index (κ2) is 6.51. The molecule has 6 heteroatoms. The van der Waals surface area contributed by atoms with Crippen LogP contribution < -0.4 is 10.1 Å². The van der Waals surface area contributed by atoms with Crippen molar-refractivity contribution in [3.8, 4) is 5.75 Å². The van der Waals surface area contributed by atoms with Gasteiger partial charge in [-0.25, -0.2) is 4.98 Å². The van der Waals surface area contributed by atoms with Crippen molar-refractivity contribution in [1.82, 2.24) is 4.98 Å². The first kappa shape index (κ1) is 13.8. The molecule has 0 saturated carbocycles. The van der Waals surface area contributed by atoms with Crippen molar-refractivity contribution in [2.24, 2.45) is 0 Å². The van der Waals surface area contributed by atoms with E-state index < -0.39 is 4.92 Å². The van der Waals surface area contributed by atoms with E-state index in [-0.39, 0.29) is 11.5 Å². The van der Waals surface area contributed by atoms with Crippen molar-refractivity contribution >= 4 is 17.2 Å². The van der Waals surface area contributed by atoms with Gasteiger partial charge in [0.05, 0.1) is 17.2 Å². The van der Waals surface area contributed by atoms with Crippen LogP contribution in [-0.2, 0) is 0 Å². The predicted molar refractivity (Wildman–Crippen MR) is 76.4 cm³/mol. The van der Waals surface area contributed by atoms with Gasteiger partial charge in [-0.2, -0.15) is 0 Å². The number of aromatic nitrogens is 1. The fraction of sp³-hybridized carbons (Fsp3) is 0.214. The average Bonchev–Trinajstić information content (AvgIpc) is 2.47. The molecule has 104 valence electrons. The summed E-state index contributed by atoms with van der Waals surface area (Å²) >= 11 is 0. The summed E-state index contributed by atoms with van der Waals surface area (Å²) in [5.74, 6) is 0.847. The highest BCUT2D eigenvalue weighted by Crippen LogP contribution is 2.30. The molecule has 1 N–H and O–H groups in total. The van der Waals surface area contributed by atoms with E-state index in [1.165, 1.54) is 18.3 Å². The summed E-state index contributed by atoms with van der Waals surface area (Å²) in [6.07, 6.45) is 2.39. The second-order valence-electron chi connectivity index (χ2n) is 4.10. The minimum absolute atomic E-state index is 0.0715. The molecule has 6 nitrogen and oxygen atoms in total. The van der Waals surface area contributed by atoms with Gasteiger partial charge in [-0.3, -0.25) is 10.1 Å². The molecule has 1 aromatic carbocycles. The van der Waals surface area contributed by atoms with E-state index in [9.17, 15) is 10.1 Å². The molecule has 0 amide bonds. The summed E-state index contributed by atoms with van der Waals surface area (Å²) < 4.78 is 5.60. The van der Waals surface area contributed by atoms with Crippen LogP contribution in [0.2, 0.25) is 0 Å². The Morgan fingerprint density at radius 1 is 1.30 bits per heavy atom. The Morgan fingerprint density at radius 3 is 2.85 bits per heavy atom. The molecule has 0 aliphatic rings. The van der Waals surface area contributed by atoms with Crippen LogP contribution in [0.3, 0.4) is 0 Å². The molecule has 20 heavy (non-hydrogen) atoms. The minimum Gasteiger partial charge on any atom is -0.491 e. The van der Waals surface area contributed by atoms with Crippen molar-refractivity contribution in [1.29, 1.82) is 0 Å². The zero-order valence-corrected chi connectivity index (χ0v) is 11.1. The Hall–Kier alpha value is -2.63. The largest absolute Gasteiger partial charge is 0.491 e. The molecule has 0 unspecified atom stereocenters. The lowest BCUT2D eigenvalue weighted by Gasteiger charge is -2.12. The third-order valence-electron chi connectivity index (χ3n) is 2.58. The molecule has 0 bridgehead atoms. The standard InChI is InChI=1S/C14H15N3O3/c1-2-10-20-13-8-4-3-6-11(13)16-14-12(17(18)19)7-5-9-15-14/h3-9H,2,10H2,1H3,(H,15,16). The van der Waals surface area contributed by atoms with Crippen LogP contribution in [0.1, 0.15) is 13.3 Å². The lowest BCUT2D eigenvalue weighted by atomic mass is 10.3. The molecule has 0 fully saturated rings. The Morgan fingerprint density at radius 2 is 2.10 bits per heavy atom. The number of rotatable bonds is 6. The molecular weight excluding hydrogens is 258 g/mol. The second-order valence-corrected chi connectivity index (χ2v) is 4.10. The number of para-hydroxylation sites is 2. The Kier molecular flexibility index (Phi) is 4.49. The van der Waals surface area contributed by atoms with Crippen LogP contribution >= 0.6 is 0 Å². The van der Waals surface area contributed by atoms with Crippen LogP contribution in [0.15, 0.2) is 42.6 Å². The van der Waals surface area contributed by atoms with Gasteiger partial charge < -0.3 is 10.1 Å². The SMILES string of the molecule is CCCOc1ccccc1Nc1ncccc1[N+](=O)[O-]. The van der Waals surface area contributed by atoms with Crippen LogP contribution in [-0.4, -0.2) is 16.5 Å². The Bertz CT molecular complexity index is 602. The van der Waals surface area contributed by atoms with Gasteiger partial charge in [0.2, 0.25) is 5.82 Å². The fourth-order valence-corrected chi connectivity index (χ4v) is 1.68. The zero-order valence-electron chi connectivity index (χ0n) is 11.1. The molecule has 0 spiro atoms. The molecule has 1 heterocycles. The smallest absolute Gasteiger partial charge is 0.311 e. The van der Waals surface area contributed by atoms with Gasteiger partial charge in [0.15, 0.2) is 0 Å². The predicted octanol–water partition coefficient (Wildman–Crippen LogP) is 3.52. The molecule has 0 radical (unpaired) electrons. The first-order chi connectivity index (χ1) is 9.72. The van der Waals surface area contributed by atoms with Crippen LogP contribution in [0.5, 0.6) is 5.75 Å². The van der Waals surface area contributed by atoms with Crippen molar-refractivity contribution in [2.75, 3.05) is 11.9 Å². The number of hydrogen-bond donors (Lipinski definition) is 1. The van der Waals surface area contributed by atoms with Crippen LogP contribution in [0.25, 0.3) is 0 Å². The number of ether oxygens (including phenoxy) is 1. The molecule has 1 aromatic heterocycles. The van der Waals surface area contributed by atoms with E-state index >= 15 is 0 Å². The number of nitrogens with zero attached hydrogens (tertiary/aromatic N) is 2. The molecule has 2 rings (SSSR count). The monoisotopic (exact) mass is 273 g/mol. The van der Waals surface area contributed by atoms with Crippen LogP contribution in [0.4, 0.5) is 17.2 Å². The molecular formula is C14H15N3O3. The first-order valence-electron chi connectivity index (χ1n) is 6.30. The molecule has 0 aliphatic carbocycles. The molecule has 2 aromatic rings. The number of nitro groups is 1. The highest BCUT2D eigenvalue weighted by molar-refractivity contribution is 5.69. The van der Waals surface area contributed by atoms with E-state index in [1.54, 1.807) is 6.07 Å². The van der Waals surface area contributed by atoms with Gasteiger partial charge in [0.1, 0.15) is 5.75 Å². The Balaban J connectivity index is 2.28. The summed E-state index contributed by atoms with van der Waals surface area (Å²) in [5.41, 5.74) is 0.584. The maximum absolute atomic E-state index is 11.0. The van der Waals surface area contributed by atoms with Crippen molar-refractivity contribution in [2.45, 2.75) is 13.3 Å². The highest BCUT2D eigenvalue weighted by Gasteiger charge is 2.15. The number of anilines is 2. The average molecular weight is 273 g/mol. The Labute approximate surface area is 116 Å². The summed E-state index contributed by atoms with van der Waals surface area (Å²) in [6, 6.07) is 10.2. The maximum atomic E-state index is 11.0. The van der Waals surface area contributed by atoms with E-state index in [2.05, 4.69) is 10.3 Å². The normalized spacial score (nSPS) is 10.1. The lowest BCUT2D eigenvalue weighted by Crippen LogP contribution is -2.02. The van der Waals surface area contributed by atoms with Gasteiger partial charge in [0, 0.05) is 12.3 Å². The van der Waals surface area contributed by atoms with Crippen molar-refractivity contribution < 1.29 is 9.66 Å². The minimum atomic E-state index is -0.467. The number of benzene rings is 1. The summed E-state index contributed by atoms with van der Waals surface area (Å²) in [4.78, 5) is 14.5. The van der Waals surface area contributed by atoms with E-state index in [1.807, 2.05) is 25.1 Å². The highest BCUT2D eigenvalue weighted by atomic mass is 16.6. The first-order valence-corrected chi connectivity index (χ1v) is 6.30. The summed E-state index contributed by atoms with van der Waals surface area (Å²) in [5, 5.41) is 13.9. The molecule has 0 atom stereocenters. The third-order valence-corrected chi connectivity index (χ3v) is 2.58. The van der Waals surface area contributed by atoms with E-state index in [0.29, 0.717) is 18.0 Å². The van der Waals surface area contributed by atoms with E-state index in [4.69, 9.17) is 4.74 Å². The summed E-state index contributed by atoms with van der Waals surface area (Å²) in [7, 11) is 0. The molecule has 0 aliphatic heterocycles. The van der Waals surface area contributed by atoms with Crippen LogP contribution in [0, 0.1) is 10.1 Å². The zero-order chi connectivity index (χ0) is 14.4. The molecule has 0 saturated heterocycles. The quantitative estimate of drug-likeness (QED) is 0.643. The maximum Gasteiger partial charge on any atom is 0.311 e. The van der Waals surface area contributed by atoms with Crippen molar-refractivity contribution in [3.63, 3.8) is 0 Å². The van der Waals surface area contributed by atoms with Gasteiger partial charge in [-0.15, -0.1) is 0 Å². The number of pyridine rings is 1. The van der Waals surface area contributed by atoms with Gasteiger partial charge in [-0.1, -0.05) is 19.1 Å². The lowest BCUT2D eigenvalue weighted by molar-refractivity contribution is -0.384. The van der Waals surface area contributed by atoms with Crippen molar-refractivity contribution in [3.05, 3.63) is 52.7 Å².